The number of aliphatic carboxylic acids is 3. The Balaban J connectivity index is 0.000000363. The lowest BCUT2D eigenvalue weighted by atomic mass is 10.0. The van der Waals surface area contributed by atoms with Gasteiger partial charge in [-0.05, 0) is 84.6 Å². The van der Waals surface area contributed by atoms with Crippen LogP contribution in [0.3, 0.4) is 0 Å². The van der Waals surface area contributed by atoms with E-state index in [0.717, 1.165) is 72.2 Å². The molecular weight excluding hydrogens is 550 g/mol. The number of carboxylic acids is 3. The highest BCUT2D eigenvalue weighted by molar-refractivity contribution is 5.89. The number of hydrogen-bond acceptors (Lipinski definition) is 6. The minimum Gasteiger partial charge on any atom is -0.481 e. The van der Waals surface area contributed by atoms with Gasteiger partial charge in [0.05, 0.1) is 22.8 Å². The molecule has 11 heteroatoms. The van der Waals surface area contributed by atoms with Crippen molar-refractivity contribution in [3.05, 3.63) is 89.2 Å². The van der Waals surface area contributed by atoms with Crippen LogP contribution in [0.15, 0.2) is 60.8 Å². The van der Waals surface area contributed by atoms with Crippen molar-refractivity contribution >= 4 is 69.9 Å². The number of likely N-dealkylation sites (N-methyl/N-ethyl adjacent to an activating group) is 1. The number of rotatable bonds is 1. The van der Waals surface area contributed by atoms with Crippen molar-refractivity contribution in [1.82, 2.24) is 24.8 Å². The van der Waals surface area contributed by atoms with E-state index < -0.39 is 17.9 Å². The molecular formula is C32H33N5O6. The highest BCUT2D eigenvalue weighted by Gasteiger charge is 2.10. The van der Waals surface area contributed by atoms with Crippen LogP contribution < -0.4 is 0 Å². The topological polar surface area (TPSA) is 172 Å². The third-order valence-corrected chi connectivity index (χ3v) is 5.59. The smallest absolute Gasteiger partial charge is 0.300 e. The van der Waals surface area contributed by atoms with Crippen molar-refractivity contribution in [1.29, 1.82) is 0 Å². The third-order valence-electron chi connectivity index (χ3n) is 5.59. The van der Waals surface area contributed by atoms with E-state index in [0.29, 0.717) is 0 Å². The summed E-state index contributed by atoms with van der Waals surface area (Å²) < 4.78 is 0. The average molecular weight is 584 g/mol. The molecule has 3 aromatic rings. The van der Waals surface area contributed by atoms with Gasteiger partial charge in [-0.15, -0.1) is 0 Å². The molecule has 6 heterocycles. The van der Waals surface area contributed by atoms with Gasteiger partial charge in [-0.3, -0.25) is 14.4 Å². The number of allylic oxidation sites excluding steroid dienone is 2. The molecule has 0 atom stereocenters. The second-order valence-corrected chi connectivity index (χ2v) is 9.56. The predicted octanol–water partition coefficient (Wildman–Crippen LogP) is 5.77. The first-order valence-corrected chi connectivity index (χ1v) is 13.1. The van der Waals surface area contributed by atoms with Gasteiger partial charge in [0.2, 0.25) is 0 Å². The highest BCUT2D eigenvalue weighted by atomic mass is 16.4. The molecule has 0 radical (unpaired) electrons. The molecule has 222 valence electrons. The summed E-state index contributed by atoms with van der Waals surface area (Å²) in [7, 11) is 2.08. The van der Waals surface area contributed by atoms with Crippen LogP contribution in [0.5, 0.6) is 0 Å². The highest BCUT2D eigenvalue weighted by Crippen LogP contribution is 2.27. The zero-order valence-electron chi connectivity index (χ0n) is 24.2. The van der Waals surface area contributed by atoms with Crippen LogP contribution in [0.4, 0.5) is 0 Å². The van der Waals surface area contributed by atoms with Crippen LogP contribution in [0, 0.1) is 0 Å². The van der Waals surface area contributed by atoms with Gasteiger partial charge in [0.1, 0.15) is 0 Å². The predicted molar refractivity (Wildman–Crippen MR) is 169 cm³/mol. The monoisotopic (exact) mass is 583 g/mol. The maximum atomic E-state index is 9.00. The Morgan fingerprint density at radius 1 is 0.674 bits per heavy atom. The summed E-state index contributed by atoms with van der Waals surface area (Å²) >= 11 is 0. The van der Waals surface area contributed by atoms with Crippen molar-refractivity contribution in [2.75, 3.05) is 13.6 Å². The van der Waals surface area contributed by atoms with Gasteiger partial charge in [0.25, 0.3) is 17.9 Å². The Bertz CT molecular complexity index is 1750. The SMILES string of the molecule is CC(=O)O.CC(=O)O.CC(=O)O.CN1C=CC(c2cc3cc4nc(cc5ccc(cc6nc(cc2[nH]3)C=C6)[nH]5)C=C4)=CC1. The first-order valence-electron chi connectivity index (χ1n) is 13.1. The van der Waals surface area contributed by atoms with Crippen LogP contribution >= 0.6 is 0 Å². The van der Waals surface area contributed by atoms with Gasteiger partial charge in [0.15, 0.2) is 0 Å². The molecule has 5 N–H and O–H groups in total. The summed E-state index contributed by atoms with van der Waals surface area (Å²) in [4.78, 5) is 45.7. The fourth-order valence-electron chi connectivity index (χ4n) is 4.04. The van der Waals surface area contributed by atoms with E-state index in [-0.39, 0.29) is 0 Å². The second kappa shape index (κ2) is 14.8. The molecule has 0 unspecified atom stereocenters. The molecule has 0 spiro atoms. The van der Waals surface area contributed by atoms with E-state index in [2.05, 4.69) is 88.8 Å². The number of carbonyl (C=O) groups is 3. The Morgan fingerprint density at radius 3 is 1.56 bits per heavy atom. The summed E-state index contributed by atoms with van der Waals surface area (Å²) in [6, 6.07) is 14.6. The van der Waals surface area contributed by atoms with E-state index in [1.165, 1.54) is 11.1 Å². The van der Waals surface area contributed by atoms with Crippen LogP contribution in [0.1, 0.15) is 49.1 Å². The van der Waals surface area contributed by atoms with E-state index in [1.807, 2.05) is 18.2 Å². The Labute approximate surface area is 247 Å². The third kappa shape index (κ3) is 10.7. The molecule has 11 nitrogen and oxygen atoms in total. The number of fused-ring (bicyclic) bond motifs is 8. The lowest BCUT2D eigenvalue weighted by molar-refractivity contribution is -0.135. The summed E-state index contributed by atoms with van der Waals surface area (Å²) in [5, 5.41) is 22.2. The van der Waals surface area contributed by atoms with Crippen LogP contribution in [0.2, 0.25) is 0 Å². The van der Waals surface area contributed by atoms with Gasteiger partial charge in [-0.25, -0.2) is 9.97 Å². The Hall–Kier alpha value is -5.71. The minimum atomic E-state index is -0.833. The Kier molecular flexibility index (Phi) is 10.9. The van der Waals surface area contributed by atoms with Crippen LogP contribution in [-0.2, 0) is 14.4 Å². The van der Waals surface area contributed by atoms with E-state index in [1.54, 1.807) is 0 Å². The number of H-pyrrole nitrogens is 2. The summed E-state index contributed by atoms with van der Waals surface area (Å²) in [5.74, 6) is -2.50. The fourth-order valence-corrected chi connectivity index (χ4v) is 4.04. The second-order valence-electron chi connectivity index (χ2n) is 9.56. The van der Waals surface area contributed by atoms with Crippen molar-refractivity contribution in [3.63, 3.8) is 0 Å². The molecule has 0 aromatic carbocycles. The number of hydrogen-bond donors (Lipinski definition) is 5. The van der Waals surface area contributed by atoms with Gasteiger partial charge < -0.3 is 30.2 Å². The molecule has 8 bridgehead atoms. The lowest BCUT2D eigenvalue weighted by Crippen LogP contribution is -2.13. The van der Waals surface area contributed by atoms with Crippen molar-refractivity contribution in [2.45, 2.75) is 20.8 Å². The maximum absolute atomic E-state index is 9.00. The van der Waals surface area contributed by atoms with Crippen LogP contribution in [0.25, 0.3) is 51.9 Å². The fraction of sp³-hybridized carbons (Fsp3) is 0.156. The van der Waals surface area contributed by atoms with Gasteiger partial charge >= 0.3 is 0 Å². The normalized spacial score (nSPS) is 12.5. The lowest BCUT2D eigenvalue weighted by Gasteiger charge is -2.16. The molecule has 6 rings (SSSR count). The number of aromatic amines is 2. The number of carboxylic acid groups (broad SMARTS) is 3. The van der Waals surface area contributed by atoms with E-state index in [9.17, 15) is 0 Å². The zero-order chi connectivity index (χ0) is 31.5. The molecule has 3 aliphatic heterocycles. The Morgan fingerprint density at radius 2 is 1.12 bits per heavy atom. The van der Waals surface area contributed by atoms with Gasteiger partial charge in [-0.2, -0.15) is 0 Å². The summed E-state index contributed by atoms with van der Waals surface area (Å²) in [6.45, 7) is 4.14. The van der Waals surface area contributed by atoms with Gasteiger partial charge in [-0.1, -0.05) is 6.08 Å². The molecule has 3 aromatic heterocycles. The maximum Gasteiger partial charge on any atom is 0.300 e. The molecule has 0 saturated heterocycles. The number of nitrogens with one attached hydrogen (secondary N) is 2. The first kappa shape index (κ1) is 31.8. The molecule has 3 aliphatic rings. The zero-order valence-corrected chi connectivity index (χ0v) is 24.2. The molecule has 0 amide bonds. The van der Waals surface area contributed by atoms with E-state index >= 15 is 0 Å². The minimum absolute atomic E-state index is 0.833. The average Bonchev–Trinajstić information content (AvgIpc) is 3.69. The molecule has 43 heavy (non-hydrogen) atoms. The number of nitrogens with zero attached hydrogens (tertiary/aromatic N) is 3. The molecule has 0 aliphatic carbocycles. The summed E-state index contributed by atoms with van der Waals surface area (Å²) in [6.07, 6.45) is 14.7. The van der Waals surface area contributed by atoms with Gasteiger partial charge in [0, 0.05) is 62.0 Å². The van der Waals surface area contributed by atoms with Crippen molar-refractivity contribution < 1.29 is 29.7 Å². The van der Waals surface area contributed by atoms with Crippen molar-refractivity contribution in [3.8, 4) is 0 Å². The molecule has 0 saturated carbocycles. The largest absolute Gasteiger partial charge is 0.481 e. The van der Waals surface area contributed by atoms with E-state index in [4.69, 9.17) is 39.7 Å². The number of aromatic nitrogens is 4. The molecule has 0 fully saturated rings. The van der Waals surface area contributed by atoms with Crippen molar-refractivity contribution in [2.24, 2.45) is 0 Å². The quantitative estimate of drug-likeness (QED) is 0.164. The first-order chi connectivity index (χ1) is 20.4. The van der Waals surface area contributed by atoms with Crippen LogP contribution in [-0.4, -0.2) is 71.7 Å². The standard InChI is InChI=1S/C26H21N5.3C2H4O2/c1-31-10-8-17(9-11-31)25-15-24-14-22-5-4-20(28-22)12-18-2-3-19(27-18)13-21-6-7-23(29-21)16-26(25)30-24;3*1-2(3)4/h2-10,12-16,27,30H,11H2,1H3;3*1H3,(H,3,4). The summed E-state index contributed by atoms with van der Waals surface area (Å²) in [5.41, 5.74) is 10.2.